The number of piperidine rings is 1. The summed E-state index contributed by atoms with van der Waals surface area (Å²) in [5, 5.41) is 10.6. The summed E-state index contributed by atoms with van der Waals surface area (Å²) in [4.78, 5) is 15.8. The van der Waals surface area contributed by atoms with E-state index in [1.165, 1.54) is 6.07 Å². The molecule has 1 amide bonds. The van der Waals surface area contributed by atoms with Crippen molar-refractivity contribution in [2.75, 3.05) is 18.4 Å². The lowest BCUT2D eigenvalue weighted by molar-refractivity contribution is -0.137. The monoisotopic (exact) mass is 467 g/mol. The summed E-state index contributed by atoms with van der Waals surface area (Å²) in [7, 11) is 0. The lowest BCUT2D eigenvalue weighted by Crippen LogP contribution is -2.52. The summed E-state index contributed by atoms with van der Waals surface area (Å²) in [5.74, 6) is -0.281. The quantitative estimate of drug-likeness (QED) is 0.709. The normalized spacial score (nSPS) is 21.2. The minimum absolute atomic E-state index is 0.134. The van der Waals surface area contributed by atoms with Crippen LogP contribution in [0.3, 0.4) is 0 Å². The second-order valence-electron chi connectivity index (χ2n) is 8.95. The Morgan fingerprint density at radius 3 is 2.59 bits per heavy atom. The van der Waals surface area contributed by atoms with Crippen molar-refractivity contribution in [1.29, 1.82) is 0 Å². The van der Waals surface area contributed by atoms with Crippen LogP contribution in [0.2, 0.25) is 5.02 Å². The first-order valence-corrected chi connectivity index (χ1v) is 11.3. The van der Waals surface area contributed by atoms with E-state index in [4.69, 9.17) is 11.6 Å². The molecule has 0 unspecified atom stereocenters. The van der Waals surface area contributed by atoms with Gasteiger partial charge in [-0.15, -0.1) is 0 Å². The fourth-order valence-electron chi connectivity index (χ4n) is 5.05. The van der Waals surface area contributed by atoms with Crippen LogP contribution >= 0.6 is 11.6 Å². The van der Waals surface area contributed by atoms with E-state index in [-0.39, 0.29) is 16.6 Å². The van der Waals surface area contributed by atoms with Crippen LogP contribution in [0.5, 0.6) is 0 Å². The summed E-state index contributed by atoms with van der Waals surface area (Å²) in [6, 6.07) is 3.50. The van der Waals surface area contributed by atoms with Crippen molar-refractivity contribution < 1.29 is 18.0 Å². The number of carbonyl (C=O) groups excluding carboxylic acids is 1. The summed E-state index contributed by atoms with van der Waals surface area (Å²) >= 11 is 6.07. The van der Waals surface area contributed by atoms with E-state index in [1.54, 1.807) is 0 Å². The van der Waals surface area contributed by atoms with Gasteiger partial charge in [-0.25, -0.2) is 0 Å². The van der Waals surface area contributed by atoms with E-state index < -0.39 is 17.3 Å². The van der Waals surface area contributed by atoms with Gasteiger partial charge in [0.15, 0.2) is 0 Å². The topological polar surface area (TPSA) is 62.2 Å². The SMILES string of the molecule is O=C(Nc1ccc(C(F)(F)F)cc1Cl)C1(n2ncc3c2CN(C2CCNCC2)C3)CCC1. The first-order chi connectivity index (χ1) is 15.3. The Kier molecular flexibility index (Phi) is 5.46. The summed E-state index contributed by atoms with van der Waals surface area (Å²) in [5.41, 5.74) is 0.717. The number of fused-ring (bicyclic) bond motifs is 1. The molecule has 2 fully saturated rings. The predicted octanol–water partition coefficient (Wildman–Crippen LogP) is 4.14. The first kappa shape index (κ1) is 21.7. The van der Waals surface area contributed by atoms with Crippen molar-refractivity contribution in [3.63, 3.8) is 0 Å². The molecule has 0 atom stereocenters. The highest BCUT2D eigenvalue weighted by Crippen LogP contribution is 2.43. The van der Waals surface area contributed by atoms with Gasteiger partial charge in [0.25, 0.3) is 5.91 Å². The first-order valence-electron chi connectivity index (χ1n) is 11.0. The van der Waals surface area contributed by atoms with Crippen LogP contribution in [-0.4, -0.2) is 39.7 Å². The molecule has 2 aromatic rings. The molecule has 5 rings (SSSR count). The third-order valence-electron chi connectivity index (χ3n) is 7.06. The van der Waals surface area contributed by atoms with E-state index >= 15 is 0 Å². The Morgan fingerprint density at radius 2 is 1.97 bits per heavy atom. The minimum Gasteiger partial charge on any atom is -0.323 e. The lowest BCUT2D eigenvalue weighted by Gasteiger charge is -2.41. The molecule has 3 heterocycles. The number of alkyl halides is 3. The zero-order valence-electron chi connectivity index (χ0n) is 17.5. The van der Waals surface area contributed by atoms with Gasteiger partial charge in [0.05, 0.1) is 28.2 Å². The standard InChI is InChI=1S/C22H25ClF3N5O/c23-17-10-15(22(24,25)26)2-3-18(17)29-20(32)21(6-1-7-21)31-19-13-30(12-14(19)11-28-31)16-4-8-27-9-5-16/h2-3,10-11,16,27H,1,4-9,12-13H2,(H,29,32). The van der Waals surface area contributed by atoms with Gasteiger partial charge in [0.2, 0.25) is 0 Å². The molecule has 0 spiro atoms. The van der Waals surface area contributed by atoms with Crippen molar-refractivity contribution in [3.8, 4) is 0 Å². The van der Waals surface area contributed by atoms with Crippen LogP contribution in [-0.2, 0) is 29.6 Å². The summed E-state index contributed by atoms with van der Waals surface area (Å²) in [6.07, 6.45) is 1.75. The maximum Gasteiger partial charge on any atom is 0.416 e. The number of nitrogens with one attached hydrogen (secondary N) is 2. The van der Waals surface area contributed by atoms with Gasteiger partial charge in [-0.1, -0.05) is 11.6 Å². The molecule has 1 saturated heterocycles. The number of hydrogen-bond acceptors (Lipinski definition) is 4. The highest BCUT2D eigenvalue weighted by molar-refractivity contribution is 6.33. The Bertz CT molecular complexity index is 1030. The van der Waals surface area contributed by atoms with E-state index in [1.807, 2.05) is 10.9 Å². The highest BCUT2D eigenvalue weighted by atomic mass is 35.5. The fourth-order valence-corrected chi connectivity index (χ4v) is 5.28. The van der Waals surface area contributed by atoms with Crippen LogP contribution in [0, 0.1) is 0 Å². The van der Waals surface area contributed by atoms with E-state index in [9.17, 15) is 18.0 Å². The zero-order chi connectivity index (χ0) is 22.5. The molecule has 0 bridgehead atoms. The van der Waals surface area contributed by atoms with Gasteiger partial charge in [0.1, 0.15) is 5.54 Å². The van der Waals surface area contributed by atoms with Crippen molar-refractivity contribution in [3.05, 3.63) is 46.2 Å². The molecule has 1 aromatic carbocycles. The molecule has 172 valence electrons. The molecule has 6 nitrogen and oxygen atoms in total. The van der Waals surface area contributed by atoms with Crippen LogP contribution in [0.25, 0.3) is 0 Å². The van der Waals surface area contributed by atoms with Crippen molar-refractivity contribution in [1.82, 2.24) is 20.0 Å². The molecule has 2 N–H and O–H groups in total. The smallest absolute Gasteiger partial charge is 0.323 e. The number of anilines is 1. The van der Waals surface area contributed by atoms with Crippen LogP contribution in [0.1, 0.15) is 48.9 Å². The number of amides is 1. The van der Waals surface area contributed by atoms with Crippen LogP contribution in [0.4, 0.5) is 18.9 Å². The van der Waals surface area contributed by atoms with Gasteiger partial charge < -0.3 is 10.6 Å². The maximum absolute atomic E-state index is 13.4. The number of halogens is 4. The fraction of sp³-hybridized carbons (Fsp3) is 0.545. The van der Waals surface area contributed by atoms with Crippen molar-refractivity contribution in [2.24, 2.45) is 0 Å². The van der Waals surface area contributed by atoms with Crippen molar-refractivity contribution in [2.45, 2.75) is 63.0 Å². The van der Waals surface area contributed by atoms with Gasteiger partial charge in [-0.05, 0) is 63.4 Å². The van der Waals surface area contributed by atoms with Crippen molar-refractivity contribution >= 4 is 23.2 Å². The molecular formula is C22H25ClF3N5O. The Labute approximate surface area is 189 Å². The number of benzene rings is 1. The van der Waals surface area contributed by atoms with E-state index in [0.717, 1.165) is 68.8 Å². The number of nitrogens with zero attached hydrogens (tertiary/aromatic N) is 3. The molecule has 1 aliphatic carbocycles. The van der Waals surface area contributed by atoms with Gasteiger partial charge in [-0.3, -0.25) is 14.4 Å². The Balaban J connectivity index is 1.36. The third kappa shape index (κ3) is 3.70. The van der Waals surface area contributed by atoms with E-state index in [2.05, 4.69) is 20.6 Å². The minimum atomic E-state index is -4.49. The lowest BCUT2D eigenvalue weighted by atomic mass is 9.75. The van der Waals surface area contributed by atoms with Crippen LogP contribution in [0.15, 0.2) is 24.4 Å². The average Bonchev–Trinajstić information content (AvgIpc) is 3.31. The second-order valence-corrected chi connectivity index (χ2v) is 9.35. The predicted molar refractivity (Wildman–Crippen MR) is 114 cm³/mol. The largest absolute Gasteiger partial charge is 0.416 e. The maximum atomic E-state index is 13.4. The highest BCUT2D eigenvalue weighted by Gasteiger charge is 2.49. The average molecular weight is 468 g/mol. The third-order valence-corrected chi connectivity index (χ3v) is 7.37. The van der Waals surface area contributed by atoms with Crippen LogP contribution < -0.4 is 10.6 Å². The molecule has 1 saturated carbocycles. The van der Waals surface area contributed by atoms with E-state index in [0.29, 0.717) is 18.9 Å². The molecular weight excluding hydrogens is 443 g/mol. The Morgan fingerprint density at radius 1 is 1.22 bits per heavy atom. The number of carbonyl (C=O) groups is 1. The molecule has 2 aliphatic heterocycles. The molecule has 32 heavy (non-hydrogen) atoms. The number of rotatable bonds is 4. The van der Waals surface area contributed by atoms with Gasteiger partial charge in [0, 0.05) is 24.7 Å². The van der Waals surface area contributed by atoms with Gasteiger partial charge in [-0.2, -0.15) is 18.3 Å². The molecule has 10 heteroatoms. The summed E-state index contributed by atoms with van der Waals surface area (Å²) < 4.78 is 40.6. The number of hydrogen-bond donors (Lipinski definition) is 2. The summed E-state index contributed by atoms with van der Waals surface area (Å²) in [6.45, 7) is 3.63. The molecule has 0 radical (unpaired) electrons. The molecule has 3 aliphatic rings. The molecule has 1 aromatic heterocycles. The number of aromatic nitrogens is 2. The second kappa shape index (κ2) is 8.04. The van der Waals surface area contributed by atoms with Gasteiger partial charge >= 0.3 is 6.18 Å². The Hall–Kier alpha value is -2.10. The zero-order valence-corrected chi connectivity index (χ0v) is 18.3.